The van der Waals surface area contributed by atoms with Crippen LogP contribution in [0.15, 0.2) is 18.2 Å². The zero-order chi connectivity index (χ0) is 15.1. The van der Waals surface area contributed by atoms with E-state index in [-0.39, 0.29) is 18.6 Å². The van der Waals surface area contributed by atoms with Gasteiger partial charge < -0.3 is 10.4 Å². The van der Waals surface area contributed by atoms with E-state index in [9.17, 15) is 4.79 Å². The summed E-state index contributed by atoms with van der Waals surface area (Å²) in [6.45, 7) is 7.99. The van der Waals surface area contributed by atoms with Gasteiger partial charge in [-0.3, -0.25) is 4.79 Å². The standard InChI is InChI=1S/C17H23NO2/c1-5-16(12(2)3)18-17(20)15-11-13(4)8-9-14(15)7-6-10-19/h8-9,11-12,16,19H,5,10H2,1-4H3,(H,18,20). The van der Waals surface area contributed by atoms with Crippen LogP contribution in [0.25, 0.3) is 0 Å². The highest BCUT2D eigenvalue weighted by atomic mass is 16.2. The molecular formula is C17H23NO2. The molecule has 0 spiro atoms. The monoisotopic (exact) mass is 273 g/mol. The predicted molar refractivity (Wildman–Crippen MR) is 81.5 cm³/mol. The van der Waals surface area contributed by atoms with Crippen molar-refractivity contribution in [1.82, 2.24) is 5.32 Å². The largest absolute Gasteiger partial charge is 0.384 e. The zero-order valence-corrected chi connectivity index (χ0v) is 12.7. The maximum atomic E-state index is 12.4. The van der Waals surface area contributed by atoms with Gasteiger partial charge >= 0.3 is 0 Å². The van der Waals surface area contributed by atoms with E-state index in [1.807, 2.05) is 25.1 Å². The Morgan fingerprint density at radius 2 is 2.10 bits per heavy atom. The molecule has 2 N–H and O–H groups in total. The summed E-state index contributed by atoms with van der Waals surface area (Å²) in [4.78, 5) is 12.4. The average molecular weight is 273 g/mol. The number of aryl methyl sites for hydroxylation is 1. The molecule has 3 nitrogen and oxygen atoms in total. The molecule has 1 aromatic carbocycles. The smallest absolute Gasteiger partial charge is 0.252 e. The van der Waals surface area contributed by atoms with Crippen molar-refractivity contribution in [3.05, 3.63) is 34.9 Å². The fourth-order valence-electron chi connectivity index (χ4n) is 2.08. The second-order valence-corrected chi connectivity index (χ2v) is 5.24. The van der Waals surface area contributed by atoms with Crippen molar-refractivity contribution >= 4 is 5.91 Å². The topological polar surface area (TPSA) is 49.3 Å². The van der Waals surface area contributed by atoms with Crippen LogP contribution in [-0.2, 0) is 0 Å². The first-order chi connectivity index (χ1) is 9.49. The molecule has 0 saturated heterocycles. The maximum Gasteiger partial charge on any atom is 0.252 e. The van der Waals surface area contributed by atoms with Crippen LogP contribution in [0, 0.1) is 24.7 Å². The van der Waals surface area contributed by atoms with Crippen LogP contribution in [0.4, 0.5) is 0 Å². The molecule has 1 unspecified atom stereocenters. The van der Waals surface area contributed by atoms with Gasteiger partial charge in [0.2, 0.25) is 0 Å². The minimum absolute atomic E-state index is 0.100. The summed E-state index contributed by atoms with van der Waals surface area (Å²) in [5.41, 5.74) is 2.24. The quantitative estimate of drug-likeness (QED) is 0.828. The second kappa shape index (κ2) is 7.72. The molecule has 1 atom stereocenters. The highest BCUT2D eigenvalue weighted by Crippen LogP contribution is 2.13. The summed E-state index contributed by atoms with van der Waals surface area (Å²) in [6.07, 6.45) is 0.896. The third kappa shape index (κ3) is 4.40. The van der Waals surface area contributed by atoms with Crippen molar-refractivity contribution in [2.24, 2.45) is 5.92 Å². The molecule has 3 heteroatoms. The first-order valence-electron chi connectivity index (χ1n) is 7.00. The summed E-state index contributed by atoms with van der Waals surface area (Å²) < 4.78 is 0. The second-order valence-electron chi connectivity index (χ2n) is 5.24. The lowest BCUT2D eigenvalue weighted by Gasteiger charge is -2.21. The normalized spacial score (nSPS) is 11.7. The molecule has 20 heavy (non-hydrogen) atoms. The lowest BCUT2D eigenvalue weighted by Crippen LogP contribution is -2.38. The van der Waals surface area contributed by atoms with Gasteiger partial charge in [0.1, 0.15) is 6.61 Å². The van der Waals surface area contributed by atoms with Crippen molar-refractivity contribution < 1.29 is 9.90 Å². The van der Waals surface area contributed by atoms with Gasteiger partial charge in [-0.25, -0.2) is 0 Å². The number of aliphatic hydroxyl groups is 1. The minimum atomic E-state index is -0.210. The molecule has 0 bridgehead atoms. The number of carbonyl (C=O) groups is 1. The molecule has 0 aliphatic heterocycles. The fraction of sp³-hybridized carbons (Fsp3) is 0.471. The highest BCUT2D eigenvalue weighted by Gasteiger charge is 2.17. The van der Waals surface area contributed by atoms with Crippen LogP contribution < -0.4 is 5.32 Å². The number of carbonyl (C=O) groups excluding carboxylic acids is 1. The van der Waals surface area contributed by atoms with E-state index >= 15 is 0 Å². The summed E-state index contributed by atoms with van der Waals surface area (Å²) in [5, 5.41) is 11.9. The van der Waals surface area contributed by atoms with Crippen LogP contribution in [-0.4, -0.2) is 23.7 Å². The maximum absolute atomic E-state index is 12.4. The molecule has 0 aliphatic carbocycles. The Kier molecular flexibility index (Phi) is 6.27. The zero-order valence-electron chi connectivity index (χ0n) is 12.7. The Balaban J connectivity index is 3.04. The molecule has 1 rings (SSSR count). The minimum Gasteiger partial charge on any atom is -0.384 e. The molecule has 1 amide bonds. The third-order valence-electron chi connectivity index (χ3n) is 3.28. The molecule has 0 saturated carbocycles. The Morgan fingerprint density at radius 3 is 2.65 bits per heavy atom. The number of hydrogen-bond acceptors (Lipinski definition) is 2. The Labute approximate surface area is 121 Å². The summed E-state index contributed by atoms with van der Waals surface area (Å²) in [5.74, 6) is 5.71. The van der Waals surface area contributed by atoms with Crippen molar-refractivity contribution in [3.63, 3.8) is 0 Å². The van der Waals surface area contributed by atoms with Crippen molar-refractivity contribution in [2.45, 2.75) is 40.2 Å². The van der Waals surface area contributed by atoms with Gasteiger partial charge in [-0.05, 0) is 31.4 Å². The summed E-state index contributed by atoms with van der Waals surface area (Å²) >= 11 is 0. The first kappa shape index (κ1) is 16.3. The molecule has 0 radical (unpaired) electrons. The molecular weight excluding hydrogens is 250 g/mol. The number of aliphatic hydroxyl groups excluding tert-OH is 1. The molecule has 0 aliphatic rings. The number of hydrogen-bond donors (Lipinski definition) is 2. The van der Waals surface area contributed by atoms with E-state index in [2.05, 4.69) is 37.9 Å². The van der Waals surface area contributed by atoms with Gasteiger partial charge in [0, 0.05) is 11.6 Å². The lowest BCUT2D eigenvalue weighted by molar-refractivity contribution is 0.0924. The van der Waals surface area contributed by atoms with Crippen LogP contribution in [0.1, 0.15) is 48.7 Å². The lowest BCUT2D eigenvalue weighted by atomic mass is 9.99. The number of benzene rings is 1. The van der Waals surface area contributed by atoms with E-state index in [1.165, 1.54) is 0 Å². The van der Waals surface area contributed by atoms with Crippen molar-refractivity contribution in [1.29, 1.82) is 0 Å². The van der Waals surface area contributed by atoms with Gasteiger partial charge in [-0.2, -0.15) is 0 Å². The first-order valence-corrected chi connectivity index (χ1v) is 7.00. The van der Waals surface area contributed by atoms with Gasteiger partial charge in [0.15, 0.2) is 0 Å². The van der Waals surface area contributed by atoms with Crippen LogP contribution >= 0.6 is 0 Å². The van der Waals surface area contributed by atoms with Crippen LogP contribution in [0.5, 0.6) is 0 Å². The van der Waals surface area contributed by atoms with Crippen LogP contribution in [0.3, 0.4) is 0 Å². The number of rotatable bonds is 4. The average Bonchev–Trinajstić information content (AvgIpc) is 2.42. The van der Waals surface area contributed by atoms with Crippen molar-refractivity contribution in [2.75, 3.05) is 6.61 Å². The fourth-order valence-corrected chi connectivity index (χ4v) is 2.08. The van der Waals surface area contributed by atoms with Gasteiger partial charge in [0.05, 0.1) is 5.56 Å². The van der Waals surface area contributed by atoms with E-state index in [4.69, 9.17) is 5.11 Å². The molecule has 1 aromatic rings. The van der Waals surface area contributed by atoms with Gasteiger partial charge in [0.25, 0.3) is 5.91 Å². The van der Waals surface area contributed by atoms with E-state index in [0.29, 0.717) is 17.0 Å². The number of nitrogens with one attached hydrogen (secondary N) is 1. The van der Waals surface area contributed by atoms with Crippen LogP contribution in [0.2, 0.25) is 0 Å². The van der Waals surface area contributed by atoms with Crippen molar-refractivity contribution in [3.8, 4) is 11.8 Å². The van der Waals surface area contributed by atoms with Gasteiger partial charge in [-0.1, -0.05) is 44.2 Å². The predicted octanol–water partition coefficient (Wildman–Crippen LogP) is 2.50. The molecule has 0 aromatic heterocycles. The van der Waals surface area contributed by atoms with E-state index < -0.39 is 0 Å². The SMILES string of the molecule is CCC(NC(=O)c1cc(C)ccc1C#CCO)C(C)C. The Bertz CT molecular complexity index is 524. The molecule has 0 fully saturated rings. The third-order valence-corrected chi connectivity index (χ3v) is 3.28. The number of amides is 1. The summed E-state index contributed by atoms with van der Waals surface area (Å²) in [7, 11) is 0. The van der Waals surface area contributed by atoms with E-state index in [1.54, 1.807) is 0 Å². The highest BCUT2D eigenvalue weighted by molar-refractivity contribution is 5.97. The summed E-state index contributed by atoms with van der Waals surface area (Å²) in [6, 6.07) is 5.73. The molecule has 0 heterocycles. The Hall–Kier alpha value is -1.79. The Morgan fingerprint density at radius 1 is 1.40 bits per heavy atom. The van der Waals surface area contributed by atoms with E-state index in [0.717, 1.165) is 12.0 Å². The molecule has 108 valence electrons. The van der Waals surface area contributed by atoms with Gasteiger partial charge in [-0.15, -0.1) is 0 Å².